The normalized spacial score (nSPS) is 11.8. The quantitative estimate of drug-likeness (QED) is 0.733. The van der Waals surface area contributed by atoms with Crippen LogP contribution in [-0.4, -0.2) is 14.1 Å². The molecule has 2 aromatic heterocycles. The number of fused-ring (bicyclic) bond motifs is 3. The summed E-state index contributed by atoms with van der Waals surface area (Å²) < 4.78 is 3.82. The number of hydrogen-bond acceptors (Lipinski definition) is 2. The van der Waals surface area contributed by atoms with Crippen molar-refractivity contribution in [2.45, 2.75) is 33.9 Å². The van der Waals surface area contributed by atoms with Crippen molar-refractivity contribution >= 4 is 21.9 Å². The Bertz CT molecular complexity index is 827. The molecule has 0 unspecified atom stereocenters. The second kappa shape index (κ2) is 4.78. The van der Waals surface area contributed by atoms with Crippen molar-refractivity contribution in [2.24, 2.45) is 5.92 Å². The summed E-state index contributed by atoms with van der Waals surface area (Å²) in [5.41, 5.74) is 2.56. The maximum atomic E-state index is 12.8. The molecule has 2 heterocycles. The topological polar surface area (TPSA) is 39.8 Å². The lowest BCUT2D eigenvalue weighted by Gasteiger charge is -2.13. The molecule has 0 aliphatic heterocycles. The Balaban J connectivity index is 2.50. The number of imidazole rings is 1. The highest BCUT2D eigenvalue weighted by molar-refractivity contribution is 6.02. The number of nitrogens with zero attached hydrogens (tertiary/aromatic N) is 3. The van der Waals surface area contributed by atoms with Crippen molar-refractivity contribution in [2.75, 3.05) is 0 Å². The third-order valence-corrected chi connectivity index (χ3v) is 3.62. The number of aromatic nitrogens is 3. The van der Waals surface area contributed by atoms with Gasteiger partial charge < -0.3 is 9.13 Å². The molecule has 4 nitrogen and oxygen atoms in total. The van der Waals surface area contributed by atoms with Crippen molar-refractivity contribution in [3.63, 3.8) is 0 Å². The van der Waals surface area contributed by atoms with Crippen molar-refractivity contribution in [1.82, 2.24) is 14.1 Å². The number of pyridine rings is 1. The van der Waals surface area contributed by atoms with Crippen LogP contribution in [0.4, 0.5) is 0 Å². The molecular weight excluding hydrogens is 250 g/mol. The zero-order chi connectivity index (χ0) is 14.3. The number of rotatable bonds is 3. The Morgan fingerprint density at radius 1 is 1.25 bits per heavy atom. The molecule has 1 aromatic carbocycles. The zero-order valence-corrected chi connectivity index (χ0v) is 12.1. The Morgan fingerprint density at radius 3 is 2.70 bits per heavy atom. The van der Waals surface area contributed by atoms with Gasteiger partial charge in [0, 0.05) is 18.5 Å². The maximum Gasteiger partial charge on any atom is 0.277 e. The van der Waals surface area contributed by atoms with E-state index in [0.29, 0.717) is 11.4 Å². The van der Waals surface area contributed by atoms with Gasteiger partial charge in [-0.1, -0.05) is 32.0 Å². The molecule has 0 radical (unpaired) electrons. The fourth-order valence-corrected chi connectivity index (χ4v) is 2.74. The van der Waals surface area contributed by atoms with Crippen LogP contribution in [0.2, 0.25) is 0 Å². The Kier molecular flexibility index (Phi) is 3.08. The Hall–Kier alpha value is -2.10. The molecule has 0 bridgehead atoms. The molecule has 0 aliphatic rings. The van der Waals surface area contributed by atoms with Gasteiger partial charge in [-0.05, 0) is 18.9 Å². The molecule has 0 fully saturated rings. The molecule has 0 saturated carbocycles. The fraction of sp³-hybridized carbons (Fsp3) is 0.375. The van der Waals surface area contributed by atoms with Crippen LogP contribution >= 0.6 is 0 Å². The van der Waals surface area contributed by atoms with Gasteiger partial charge in [0.15, 0.2) is 0 Å². The first kappa shape index (κ1) is 12.9. The van der Waals surface area contributed by atoms with E-state index in [2.05, 4.69) is 18.8 Å². The Labute approximate surface area is 117 Å². The predicted octanol–water partition coefficient (Wildman–Crippen LogP) is 3.03. The van der Waals surface area contributed by atoms with Crippen molar-refractivity contribution in [3.8, 4) is 0 Å². The van der Waals surface area contributed by atoms with E-state index in [0.717, 1.165) is 29.5 Å². The largest absolute Gasteiger partial charge is 0.326 e. The lowest BCUT2D eigenvalue weighted by atomic mass is 10.1. The van der Waals surface area contributed by atoms with Crippen LogP contribution in [-0.2, 0) is 13.1 Å². The van der Waals surface area contributed by atoms with Crippen LogP contribution in [0.25, 0.3) is 21.9 Å². The van der Waals surface area contributed by atoms with E-state index in [1.807, 2.05) is 40.3 Å². The van der Waals surface area contributed by atoms with Crippen molar-refractivity contribution < 1.29 is 0 Å². The van der Waals surface area contributed by atoms with Gasteiger partial charge in [0.05, 0.1) is 11.8 Å². The first-order valence-electron chi connectivity index (χ1n) is 7.09. The first-order chi connectivity index (χ1) is 9.63. The van der Waals surface area contributed by atoms with Crippen molar-refractivity contribution in [3.05, 3.63) is 40.9 Å². The third-order valence-electron chi connectivity index (χ3n) is 3.62. The van der Waals surface area contributed by atoms with E-state index in [9.17, 15) is 4.79 Å². The van der Waals surface area contributed by atoms with Gasteiger partial charge in [-0.15, -0.1) is 0 Å². The summed E-state index contributed by atoms with van der Waals surface area (Å²) in [6.45, 7) is 7.77. The summed E-state index contributed by atoms with van der Waals surface area (Å²) in [6, 6.07) is 8.02. The molecule has 4 heteroatoms. The molecular formula is C16H19N3O. The highest BCUT2D eigenvalue weighted by Crippen LogP contribution is 2.22. The van der Waals surface area contributed by atoms with E-state index < -0.39 is 0 Å². The minimum atomic E-state index is 0.0618. The van der Waals surface area contributed by atoms with Gasteiger partial charge in [0.25, 0.3) is 5.56 Å². The van der Waals surface area contributed by atoms with E-state index >= 15 is 0 Å². The first-order valence-corrected chi connectivity index (χ1v) is 7.09. The van der Waals surface area contributed by atoms with Gasteiger partial charge in [0.2, 0.25) is 0 Å². The Morgan fingerprint density at radius 2 is 2.00 bits per heavy atom. The minimum absolute atomic E-state index is 0.0618. The van der Waals surface area contributed by atoms with Gasteiger partial charge >= 0.3 is 0 Å². The average molecular weight is 269 g/mol. The number of benzene rings is 1. The lowest BCUT2D eigenvalue weighted by molar-refractivity contribution is 0.524. The third kappa shape index (κ3) is 1.83. The smallest absolute Gasteiger partial charge is 0.277 e. The zero-order valence-electron chi connectivity index (χ0n) is 12.1. The van der Waals surface area contributed by atoms with Crippen LogP contribution in [0.5, 0.6) is 0 Å². The van der Waals surface area contributed by atoms with E-state index in [4.69, 9.17) is 0 Å². The lowest BCUT2D eigenvalue weighted by Crippen LogP contribution is -2.24. The second-order valence-corrected chi connectivity index (χ2v) is 5.55. The van der Waals surface area contributed by atoms with Crippen LogP contribution < -0.4 is 5.56 Å². The summed E-state index contributed by atoms with van der Waals surface area (Å²) >= 11 is 0. The highest BCUT2D eigenvalue weighted by atomic mass is 16.1. The van der Waals surface area contributed by atoms with Crippen LogP contribution in [0.15, 0.2) is 35.4 Å². The maximum absolute atomic E-state index is 12.8. The van der Waals surface area contributed by atoms with E-state index in [-0.39, 0.29) is 5.56 Å². The molecule has 20 heavy (non-hydrogen) atoms. The summed E-state index contributed by atoms with van der Waals surface area (Å²) in [5.74, 6) is 0.423. The van der Waals surface area contributed by atoms with E-state index in [1.54, 1.807) is 6.33 Å². The highest BCUT2D eigenvalue weighted by Gasteiger charge is 2.15. The van der Waals surface area contributed by atoms with Crippen molar-refractivity contribution in [1.29, 1.82) is 0 Å². The summed E-state index contributed by atoms with van der Waals surface area (Å²) in [7, 11) is 0. The standard InChI is InChI=1S/C16H19N3O/c1-4-18-10-17-14-12-7-5-6-8-13(12)19(9-11(2)3)16(20)15(14)18/h5-8,10-11H,4,9H2,1-3H3. The molecule has 0 atom stereocenters. The number of aryl methyl sites for hydroxylation is 1. The average Bonchev–Trinajstić information content (AvgIpc) is 2.87. The minimum Gasteiger partial charge on any atom is -0.326 e. The molecule has 104 valence electrons. The summed E-state index contributed by atoms with van der Waals surface area (Å²) in [5, 5.41) is 1.05. The SMILES string of the molecule is CCn1cnc2c3ccccc3n(CC(C)C)c(=O)c21. The van der Waals surface area contributed by atoms with Crippen LogP contribution in [0.3, 0.4) is 0 Å². The van der Waals surface area contributed by atoms with Gasteiger partial charge in [0.1, 0.15) is 11.0 Å². The van der Waals surface area contributed by atoms with E-state index in [1.165, 1.54) is 0 Å². The molecule has 0 N–H and O–H groups in total. The van der Waals surface area contributed by atoms with Gasteiger partial charge in [-0.2, -0.15) is 0 Å². The predicted molar refractivity (Wildman–Crippen MR) is 82.0 cm³/mol. The van der Waals surface area contributed by atoms with Crippen LogP contribution in [0.1, 0.15) is 20.8 Å². The molecule has 0 amide bonds. The number of para-hydroxylation sites is 1. The number of hydrogen-bond donors (Lipinski definition) is 0. The van der Waals surface area contributed by atoms with Gasteiger partial charge in [-0.25, -0.2) is 4.98 Å². The molecule has 3 aromatic rings. The molecule has 3 rings (SSSR count). The molecule has 0 saturated heterocycles. The summed E-state index contributed by atoms with van der Waals surface area (Å²) in [4.78, 5) is 17.3. The summed E-state index contributed by atoms with van der Waals surface area (Å²) in [6.07, 6.45) is 1.76. The molecule has 0 aliphatic carbocycles. The van der Waals surface area contributed by atoms with Crippen LogP contribution in [0, 0.1) is 5.92 Å². The molecule has 0 spiro atoms. The fourth-order valence-electron chi connectivity index (χ4n) is 2.74. The second-order valence-electron chi connectivity index (χ2n) is 5.55. The monoisotopic (exact) mass is 269 g/mol. The van der Waals surface area contributed by atoms with Gasteiger partial charge in [-0.3, -0.25) is 4.79 Å².